The zero-order valence-electron chi connectivity index (χ0n) is 12.1. The molecule has 1 heterocycles. The van der Waals surface area contributed by atoms with E-state index in [1.165, 1.54) is 5.56 Å². The number of benzene rings is 1. The molecule has 1 fully saturated rings. The first-order valence-corrected chi connectivity index (χ1v) is 8.34. The van der Waals surface area contributed by atoms with E-state index >= 15 is 0 Å². The highest BCUT2D eigenvalue weighted by atomic mass is 32.2. The molecule has 0 aromatic heterocycles. The van der Waals surface area contributed by atoms with Crippen molar-refractivity contribution in [2.75, 3.05) is 13.7 Å². The van der Waals surface area contributed by atoms with Crippen molar-refractivity contribution in [3.05, 3.63) is 28.8 Å². The number of piperidine rings is 1. The number of ether oxygens (including phenoxy) is 1. The zero-order valence-corrected chi connectivity index (χ0v) is 13.0. The third kappa shape index (κ3) is 3.13. The van der Waals surface area contributed by atoms with Crippen molar-refractivity contribution >= 4 is 10.0 Å². The number of primary sulfonamides is 1. The maximum atomic E-state index is 11.4. The minimum atomic E-state index is -3.44. The van der Waals surface area contributed by atoms with Crippen LogP contribution in [0.1, 0.15) is 35.6 Å². The molecule has 112 valence electrons. The second-order valence-corrected chi connectivity index (χ2v) is 7.27. The summed E-state index contributed by atoms with van der Waals surface area (Å²) in [5.74, 6) is 0.879. The summed E-state index contributed by atoms with van der Waals surface area (Å²) >= 11 is 0. The largest absolute Gasteiger partial charge is 0.496 e. The topological polar surface area (TPSA) is 81.4 Å². The summed E-state index contributed by atoms with van der Waals surface area (Å²) in [7, 11) is -1.78. The Balaban J connectivity index is 2.17. The lowest BCUT2D eigenvalue weighted by Gasteiger charge is -2.30. The fraction of sp³-hybridized carbons (Fsp3) is 0.571. The number of hydrogen-bond acceptors (Lipinski definition) is 4. The Morgan fingerprint density at radius 2 is 1.95 bits per heavy atom. The molecular weight excluding hydrogens is 276 g/mol. The molecule has 0 amide bonds. The van der Waals surface area contributed by atoms with Crippen LogP contribution in [0, 0.1) is 13.8 Å². The molecule has 1 aliphatic heterocycles. The smallest absolute Gasteiger partial charge is 0.213 e. The first kappa shape index (κ1) is 15.3. The van der Waals surface area contributed by atoms with E-state index in [2.05, 4.69) is 11.4 Å². The van der Waals surface area contributed by atoms with Gasteiger partial charge in [-0.15, -0.1) is 0 Å². The van der Waals surface area contributed by atoms with Gasteiger partial charge in [-0.05, 0) is 49.4 Å². The summed E-state index contributed by atoms with van der Waals surface area (Å²) in [6.07, 6.45) is 1.37. The van der Waals surface area contributed by atoms with Gasteiger partial charge in [0.2, 0.25) is 10.0 Å². The minimum absolute atomic E-state index is 0.178. The average molecular weight is 298 g/mol. The lowest BCUT2D eigenvalue weighted by atomic mass is 9.92. The van der Waals surface area contributed by atoms with Gasteiger partial charge in [0.1, 0.15) is 5.75 Å². The third-order valence-electron chi connectivity index (χ3n) is 3.99. The van der Waals surface area contributed by atoms with Gasteiger partial charge in [0.15, 0.2) is 0 Å². The number of nitrogens with one attached hydrogen (secondary N) is 1. The maximum Gasteiger partial charge on any atom is 0.213 e. The number of methoxy groups -OCH3 is 1. The summed E-state index contributed by atoms with van der Waals surface area (Å²) in [5.41, 5.74) is 3.44. The lowest BCUT2D eigenvalue weighted by molar-refractivity contribution is 0.400. The number of nitrogens with two attached hydrogens (primary N) is 1. The van der Waals surface area contributed by atoms with Gasteiger partial charge in [0.05, 0.1) is 12.4 Å². The molecule has 1 aliphatic rings. The van der Waals surface area contributed by atoms with Gasteiger partial charge in [-0.1, -0.05) is 6.07 Å². The highest BCUT2D eigenvalue weighted by molar-refractivity contribution is 7.89. The monoisotopic (exact) mass is 298 g/mol. The molecule has 20 heavy (non-hydrogen) atoms. The summed E-state index contributed by atoms with van der Waals surface area (Å²) in [4.78, 5) is 0. The van der Waals surface area contributed by atoms with Gasteiger partial charge in [-0.3, -0.25) is 0 Å². The first-order chi connectivity index (χ1) is 9.32. The maximum absolute atomic E-state index is 11.4. The van der Waals surface area contributed by atoms with E-state index in [1.807, 2.05) is 19.9 Å². The lowest BCUT2D eigenvalue weighted by Crippen LogP contribution is -2.43. The second-order valence-electron chi connectivity index (χ2n) is 5.43. The number of aryl methyl sites for hydroxylation is 2. The summed E-state index contributed by atoms with van der Waals surface area (Å²) < 4.78 is 28.0. The van der Waals surface area contributed by atoms with Crippen molar-refractivity contribution in [1.29, 1.82) is 0 Å². The van der Waals surface area contributed by atoms with Gasteiger partial charge >= 0.3 is 0 Å². The van der Waals surface area contributed by atoms with E-state index in [1.54, 1.807) is 7.11 Å². The standard InChI is InChI=1S/C14H22N2O3S/c1-9-7-14(19-3)10(2)6-12(9)13-5-4-11(8-16-13)20(15,17)18/h6-7,11,13,16H,4-5,8H2,1-3H3,(H2,15,17,18). The molecule has 0 aliphatic carbocycles. The Hall–Kier alpha value is -1.11. The van der Waals surface area contributed by atoms with Crippen molar-refractivity contribution < 1.29 is 13.2 Å². The molecule has 1 aromatic rings. The van der Waals surface area contributed by atoms with Crippen molar-refractivity contribution in [2.24, 2.45) is 5.14 Å². The SMILES string of the molecule is COc1cc(C)c(C2CCC(S(N)(=O)=O)CN2)cc1C. The summed E-state index contributed by atoms with van der Waals surface area (Å²) in [6, 6.07) is 4.32. The van der Waals surface area contributed by atoms with Crippen LogP contribution in [0.25, 0.3) is 0 Å². The quantitative estimate of drug-likeness (QED) is 0.883. The fourth-order valence-electron chi connectivity index (χ4n) is 2.78. The van der Waals surface area contributed by atoms with Gasteiger partial charge in [0.25, 0.3) is 0 Å². The van der Waals surface area contributed by atoms with Crippen LogP contribution in [0.3, 0.4) is 0 Å². The predicted octanol–water partition coefficient (Wildman–Crippen LogP) is 1.39. The molecule has 6 heteroatoms. The molecular formula is C14H22N2O3S. The summed E-state index contributed by atoms with van der Waals surface area (Å²) in [6.45, 7) is 4.47. The number of hydrogen-bond donors (Lipinski definition) is 2. The van der Waals surface area contributed by atoms with Gasteiger partial charge in [-0.2, -0.15) is 0 Å². The van der Waals surface area contributed by atoms with Crippen LogP contribution < -0.4 is 15.2 Å². The molecule has 0 bridgehead atoms. The van der Waals surface area contributed by atoms with E-state index < -0.39 is 15.3 Å². The zero-order chi connectivity index (χ0) is 14.9. The van der Waals surface area contributed by atoms with E-state index in [0.717, 1.165) is 23.3 Å². The molecule has 1 aromatic carbocycles. The van der Waals surface area contributed by atoms with Crippen LogP contribution in [0.15, 0.2) is 12.1 Å². The van der Waals surface area contributed by atoms with Gasteiger partial charge in [0, 0.05) is 12.6 Å². The number of rotatable bonds is 3. The number of sulfonamides is 1. The van der Waals surface area contributed by atoms with Crippen LogP contribution in [-0.2, 0) is 10.0 Å². The second kappa shape index (κ2) is 5.71. The normalized spacial score (nSPS) is 23.6. The van der Waals surface area contributed by atoms with Crippen LogP contribution in [0.5, 0.6) is 5.75 Å². The van der Waals surface area contributed by atoms with E-state index in [-0.39, 0.29) is 6.04 Å². The Kier molecular flexibility index (Phi) is 4.36. The predicted molar refractivity (Wildman–Crippen MR) is 79.3 cm³/mol. The van der Waals surface area contributed by atoms with Gasteiger partial charge < -0.3 is 10.1 Å². The van der Waals surface area contributed by atoms with Crippen molar-refractivity contribution in [2.45, 2.75) is 38.0 Å². The molecule has 3 N–H and O–H groups in total. The fourth-order valence-corrected chi connectivity index (χ4v) is 3.58. The molecule has 2 unspecified atom stereocenters. The van der Waals surface area contributed by atoms with Crippen molar-refractivity contribution in [3.63, 3.8) is 0 Å². The highest BCUT2D eigenvalue weighted by Crippen LogP contribution is 2.31. The molecule has 1 saturated heterocycles. The molecule has 2 atom stereocenters. The molecule has 0 spiro atoms. The molecule has 2 rings (SSSR count). The van der Waals surface area contributed by atoms with Crippen molar-refractivity contribution in [3.8, 4) is 5.75 Å². The minimum Gasteiger partial charge on any atom is -0.496 e. The van der Waals surface area contributed by atoms with E-state index in [0.29, 0.717) is 13.0 Å². The van der Waals surface area contributed by atoms with E-state index in [9.17, 15) is 8.42 Å². The first-order valence-electron chi connectivity index (χ1n) is 6.73. The molecule has 0 radical (unpaired) electrons. The summed E-state index contributed by atoms with van der Waals surface area (Å²) in [5, 5.41) is 8.03. The van der Waals surface area contributed by atoms with Gasteiger partial charge in [-0.25, -0.2) is 13.6 Å². The Morgan fingerprint density at radius 1 is 1.25 bits per heavy atom. The van der Waals surface area contributed by atoms with Crippen LogP contribution in [0.4, 0.5) is 0 Å². The Bertz CT molecular complexity index is 591. The molecule has 0 saturated carbocycles. The van der Waals surface area contributed by atoms with Crippen molar-refractivity contribution in [1.82, 2.24) is 5.32 Å². The Labute approximate surface area is 120 Å². The average Bonchev–Trinajstić information content (AvgIpc) is 2.40. The Morgan fingerprint density at radius 3 is 2.45 bits per heavy atom. The van der Waals surface area contributed by atoms with Crippen LogP contribution in [0.2, 0.25) is 0 Å². The van der Waals surface area contributed by atoms with E-state index in [4.69, 9.17) is 9.88 Å². The highest BCUT2D eigenvalue weighted by Gasteiger charge is 2.29. The molecule has 5 nitrogen and oxygen atoms in total. The van der Waals surface area contributed by atoms with Crippen LogP contribution in [-0.4, -0.2) is 27.3 Å². The van der Waals surface area contributed by atoms with Crippen LogP contribution >= 0.6 is 0 Å². The third-order valence-corrected chi connectivity index (χ3v) is 5.32.